The van der Waals surface area contributed by atoms with Gasteiger partial charge >= 0.3 is 37.7 Å². The van der Waals surface area contributed by atoms with Gasteiger partial charge in [-0.05, 0) is 0 Å². The summed E-state index contributed by atoms with van der Waals surface area (Å²) in [5, 5.41) is 7.80. The van der Waals surface area contributed by atoms with Gasteiger partial charge < -0.3 is 14.2 Å². The van der Waals surface area contributed by atoms with E-state index in [0.717, 1.165) is 0 Å². The minimum Gasteiger partial charge on any atom is -0.759 e. The second-order valence-corrected chi connectivity index (χ2v) is 2.12. The van der Waals surface area contributed by atoms with Crippen molar-refractivity contribution in [3.05, 3.63) is 0 Å². The van der Waals surface area contributed by atoms with Crippen LogP contribution in [0.25, 0.3) is 0 Å². The topological polar surface area (TPSA) is 100 Å². The first-order valence-electron chi connectivity index (χ1n) is 1.80. The molecule has 0 aliphatic carbocycles. The first-order valence-corrected chi connectivity index (χ1v) is 3.76. The molecule has 0 aliphatic heterocycles. The molecule has 0 unspecified atom stereocenters. The predicted molar refractivity (Wildman–Crippen MR) is 31.4 cm³/mol. The van der Waals surface area contributed by atoms with E-state index in [2.05, 4.69) is 12.6 Å². The normalized spacial score (nSPS) is 8.00. The van der Waals surface area contributed by atoms with Gasteiger partial charge in [-0.3, -0.25) is 8.42 Å². The van der Waals surface area contributed by atoms with E-state index in [9.17, 15) is 0 Å². The molecular weight excluding hydrogens is 182 g/mol. The van der Waals surface area contributed by atoms with Gasteiger partial charge in [-0.25, -0.2) is 0 Å². The Kier molecular flexibility index (Phi) is 28.9. The Hall–Kier alpha value is 1.37. The van der Waals surface area contributed by atoms with Gasteiger partial charge in [-0.15, -0.1) is 0 Å². The van der Waals surface area contributed by atoms with E-state index in [-0.39, 0.29) is 44.3 Å². The zero-order chi connectivity index (χ0) is 7.91. The van der Waals surface area contributed by atoms with Crippen molar-refractivity contribution in [3.63, 3.8) is 0 Å². The molecule has 0 saturated carbocycles. The Balaban J connectivity index is -0.0000000383. The summed E-state index contributed by atoms with van der Waals surface area (Å²) in [5.74, 6) is 0.569. The van der Waals surface area contributed by atoms with Crippen LogP contribution in [0, 0.1) is 0 Å². The number of rotatable bonds is 1. The second-order valence-electron chi connectivity index (χ2n) is 0.855. The Morgan fingerprint density at radius 2 is 1.36 bits per heavy atom. The fourth-order valence-corrected chi connectivity index (χ4v) is 0. The zero-order valence-corrected chi connectivity index (χ0v) is 8.06. The van der Waals surface area contributed by atoms with Crippen LogP contribution >= 0.6 is 12.6 Å². The third kappa shape index (κ3) is 177. The molecule has 0 amide bonds. The van der Waals surface area contributed by atoms with Crippen LogP contribution in [0.3, 0.4) is 0 Å². The summed E-state index contributed by atoms with van der Waals surface area (Å²) in [5.41, 5.74) is 0. The van der Waals surface area contributed by atoms with Crippen molar-refractivity contribution in [2.75, 3.05) is 12.4 Å². The fourth-order valence-electron chi connectivity index (χ4n) is 0. The molecule has 0 fully saturated rings. The van der Waals surface area contributed by atoms with Crippen LogP contribution in [-0.4, -0.2) is 35.0 Å². The molecule has 0 heterocycles. The summed E-state index contributed by atoms with van der Waals surface area (Å²) in [6.45, 7) is 0.184. The van der Waals surface area contributed by atoms with Gasteiger partial charge in [0.15, 0.2) is 0 Å². The molecular formula is C2H6Li2O5S2. The van der Waals surface area contributed by atoms with Crippen molar-refractivity contribution >= 4 is 23.0 Å². The van der Waals surface area contributed by atoms with E-state index < -0.39 is 10.4 Å². The molecule has 5 nitrogen and oxygen atoms in total. The van der Waals surface area contributed by atoms with E-state index >= 15 is 0 Å². The number of thiol groups is 1. The minimum atomic E-state index is -5.17. The first-order chi connectivity index (χ1) is 3.91. The molecule has 9 heteroatoms. The smallest absolute Gasteiger partial charge is 0.759 e. The Morgan fingerprint density at radius 1 is 1.27 bits per heavy atom. The third-order valence-corrected chi connectivity index (χ3v) is 0.300. The van der Waals surface area contributed by atoms with Crippen LogP contribution in [0.1, 0.15) is 0 Å². The summed E-state index contributed by atoms with van der Waals surface area (Å²) in [6.07, 6.45) is 0. The maximum absolute atomic E-state index is 8.52. The molecule has 0 spiro atoms. The molecule has 0 rings (SSSR count). The van der Waals surface area contributed by atoms with Gasteiger partial charge in [-0.1, -0.05) is 0 Å². The predicted octanol–water partition coefficient (Wildman–Crippen LogP) is -7.42. The summed E-state index contributed by atoms with van der Waals surface area (Å²) >= 11 is 3.67. The van der Waals surface area contributed by atoms with Crippen LogP contribution in [0.2, 0.25) is 0 Å². The molecule has 1 N–H and O–H groups in total. The SMILES string of the molecule is O=S(=O)([O-])[O-].OCCS.[Li+].[Li+]. The number of aliphatic hydroxyl groups excluding tert-OH is 1. The molecule has 0 aromatic heterocycles. The van der Waals surface area contributed by atoms with Crippen LogP contribution in [0.4, 0.5) is 0 Å². The van der Waals surface area contributed by atoms with Crippen LogP contribution in [0.15, 0.2) is 0 Å². The van der Waals surface area contributed by atoms with E-state index in [1.807, 2.05) is 0 Å². The van der Waals surface area contributed by atoms with Gasteiger partial charge in [0, 0.05) is 16.2 Å². The first kappa shape index (κ1) is 22.8. The van der Waals surface area contributed by atoms with Crippen molar-refractivity contribution in [1.82, 2.24) is 0 Å². The molecule has 0 radical (unpaired) electrons. The van der Waals surface area contributed by atoms with Crippen molar-refractivity contribution in [2.24, 2.45) is 0 Å². The zero-order valence-electron chi connectivity index (χ0n) is 6.35. The number of hydrogen-bond acceptors (Lipinski definition) is 6. The summed E-state index contributed by atoms with van der Waals surface area (Å²) < 4.78 is 34.1. The van der Waals surface area contributed by atoms with Crippen molar-refractivity contribution in [2.45, 2.75) is 0 Å². The van der Waals surface area contributed by atoms with E-state index in [1.165, 1.54) is 0 Å². The van der Waals surface area contributed by atoms with Crippen molar-refractivity contribution in [1.29, 1.82) is 0 Å². The molecule has 0 bridgehead atoms. The molecule has 0 atom stereocenters. The fraction of sp³-hybridized carbons (Fsp3) is 1.00. The van der Waals surface area contributed by atoms with Crippen LogP contribution in [-0.2, 0) is 10.4 Å². The van der Waals surface area contributed by atoms with Crippen molar-refractivity contribution < 1.29 is 60.4 Å². The van der Waals surface area contributed by atoms with Gasteiger partial charge in [0.1, 0.15) is 0 Å². The Labute approximate surface area is 95.3 Å². The van der Waals surface area contributed by atoms with Gasteiger partial charge in [0.25, 0.3) is 0 Å². The average Bonchev–Trinajstić information content (AvgIpc) is 1.61. The third-order valence-electron chi connectivity index (χ3n) is 0.1000. The summed E-state index contributed by atoms with van der Waals surface area (Å²) in [4.78, 5) is 0. The van der Waals surface area contributed by atoms with E-state index in [4.69, 9.17) is 22.6 Å². The van der Waals surface area contributed by atoms with E-state index in [0.29, 0.717) is 5.75 Å². The van der Waals surface area contributed by atoms with Gasteiger partial charge in [-0.2, -0.15) is 12.6 Å². The van der Waals surface area contributed by atoms with E-state index in [1.54, 1.807) is 0 Å². The molecule has 0 aromatic rings. The molecule has 58 valence electrons. The van der Waals surface area contributed by atoms with Gasteiger partial charge in [0.2, 0.25) is 0 Å². The van der Waals surface area contributed by atoms with Crippen molar-refractivity contribution in [3.8, 4) is 0 Å². The maximum atomic E-state index is 8.52. The monoisotopic (exact) mass is 188 g/mol. The van der Waals surface area contributed by atoms with Gasteiger partial charge in [0.05, 0.1) is 6.61 Å². The summed E-state index contributed by atoms with van der Waals surface area (Å²) in [6, 6.07) is 0. The second kappa shape index (κ2) is 13.9. The molecule has 11 heavy (non-hydrogen) atoms. The molecule has 0 aromatic carbocycles. The minimum absolute atomic E-state index is 0. The Morgan fingerprint density at radius 3 is 1.36 bits per heavy atom. The number of hydrogen-bond donors (Lipinski definition) is 2. The maximum Gasteiger partial charge on any atom is 1.00 e. The quantitative estimate of drug-likeness (QED) is 0.184. The largest absolute Gasteiger partial charge is 1.00 e. The summed E-state index contributed by atoms with van der Waals surface area (Å²) in [7, 11) is -5.17. The standard InChI is InChI=1S/C2H6OS.2Li.H2O4S/c3-1-2-4;;;1-5(2,3)4/h3-4H,1-2H2;;;(H2,1,2,3,4)/q;2*+1;/p-2. The molecule has 0 aliphatic rings. The Bertz CT molecular complexity index is 123. The average molecular weight is 188 g/mol. The van der Waals surface area contributed by atoms with Crippen LogP contribution in [0.5, 0.6) is 0 Å². The number of aliphatic hydroxyl groups is 1. The van der Waals surface area contributed by atoms with Crippen LogP contribution < -0.4 is 37.7 Å². The molecule has 0 saturated heterocycles.